The number of alkyl halides is 1. The normalized spacial score (nSPS) is 11.1. The van der Waals surface area contributed by atoms with Gasteiger partial charge in [0.15, 0.2) is 5.82 Å². The fourth-order valence-electron chi connectivity index (χ4n) is 1.16. The van der Waals surface area contributed by atoms with Crippen LogP contribution in [0.4, 0.5) is 0 Å². The van der Waals surface area contributed by atoms with E-state index in [2.05, 4.69) is 10.1 Å². The molecule has 2 rings (SSSR count). The molecule has 2 aromatic rings. The number of hydrogen-bond acceptors (Lipinski definition) is 3. The topological polar surface area (TPSA) is 38.9 Å². The van der Waals surface area contributed by atoms with Crippen molar-refractivity contribution in [2.45, 2.75) is 5.88 Å². The van der Waals surface area contributed by atoms with Crippen LogP contribution in [0.1, 0.15) is 17.3 Å². The Kier molecular flexibility index (Phi) is 3.59. The second kappa shape index (κ2) is 5.14. The summed E-state index contributed by atoms with van der Waals surface area (Å²) in [5, 5.41) is 4.34. The monoisotopic (exact) mass is 254 g/mol. The van der Waals surface area contributed by atoms with E-state index in [1.165, 1.54) is 0 Å². The first-order chi connectivity index (χ1) is 7.79. The highest BCUT2D eigenvalue weighted by Crippen LogP contribution is 2.17. The predicted octanol–water partition coefficient (Wildman–Crippen LogP) is 3.63. The van der Waals surface area contributed by atoms with E-state index in [9.17, 15) is 0 Å². The molecule has 0 aliphatic carbocycles. The number of benzene rings is 1. The van der Waals surface area contributed by atoms with Gasteiger partial charge in [0.1, 0.15) is 0 Å². The Bertz CT molecular complexity index is 508. The van der Waals surface area contributed by atoms with Crippen molar-refractivity contribution in [1.29, 1.82) is 0 Å². The Hall–Kier alpha value is -1.32. The average Bonchev–Trinajstić information content (AvgIpc) is 2.76. The van der Waals surface area contributed by atoms with Gasteiger partial charge < -0.3 is 4.52 Å². The Morgan fingerprint density at radius 3 is 2.75 bits per heavy atom. The molecular formula is C11H8Cl2N2O. The van der Waals surface area contributed by atoms with Gasteiger partial charge in [-0.1, -0.05) is 35.0 Å². The Morgan fingerprint density at radius 2 is 2.06 bits per heavy atom. The van der Waals surface area contributed by atoms with E-state index in [4.69, 9.17) is 27.7 Å². The van der Waals surface area contributed by atoms with Gasteiger partial charge in [0.05, 0.1) is 5.88 Å². The molecule has 0 N–H and O–H groups in total. The fraction of sp³-hybridized carbons (Fsp3) is 0.0909. The van der Waals surface area contributed by atoms with Crippen LogP contribution in [0.25, 0.3) is 12.2 Å². The van der Waals surface area contributed by atoms with Gasteiger partial charge >= 0.3 is 0 Å². The lowest BCUT2D eigenvalue weighted by atomic mass is 10.2. The lowest BCUT2D eigenvalue weighted by Crippen LogP contribution is -1.79. The van der Waals surface area contributed by atoms with E-state index in [0.717, 1.165) is 5.56 Å². The molecule has 0 aliphatic rings. The van der Waals surface area contributed by atoms with Crippen LogP contribution >= 0.6 is 23.2 Å². The third-order valence-electron chi connectivity index (χ3n) is 1.91. The molecule has 0 spiro atoms. The molecule has 5 heteroatoms. The molecule has 0 aliphatic heterocycles. The quantitative estimate of drug-likeness (QED) is 0.786. The lowest BCUT2D eigenvalue weighted by Gasteiger charge is -1.94. The van der Waals surface area contributed by atoms with Crippen LogP contribution in [0, 0.1) is 0 Å². The molecule has 0 fully saturated rings. The summed E-state index contributed by atoms with van der Waals surface area (Å²) >= 11 is 11.5. The van der Waals surface area contributed by atoms with Gasteiger partial charge in [-0.15, -0.1) is 11.6 Å². The van der Waals surface area contributed by atoms with Gasteiger partial charge in [-0.05, 0) is 17.7 Å². The van der Waals surface area contributed by atoms with E-state index >= 15 is 0 Å². The standard InChI is InChI=1S/C11H8Cl2N2O/c12-7-10-14-11(16-15-10)6-5-8-3-1-2-4-9(8)13/h1-6H,7H2/b6-5+. The van der Waals surface area contributed by atoms with E-state index in [-0.39, 0.29) is 5.88 Å². The van der Waals surface area contributed by atoms with Crippen LogP contribution in [0.3, 0.4) is 0 Å². The van der Waals surface area contributed by atoms with Crippen molar-refractivity contribution in [3.8, 4) is 0 Å². The maximum Gasteiger partial charge on any atom is 0.250 e. The molecule has 0 bridgehead atoms. The van der Waals surface area contributed by atoms with E-state index < -0.39 is 0 Å². The van der Waals surface area contributed by atoms with E-state index in [0.29, 0.717) is 16.7 Å². The maximum atomic E-state index is 5.98. The summed E-state index contributed by atoms with van der Waals surface area (Å²) in [6.07, 6.45) is 3.51. The van der Waals surface area contributed by atoms with Crippen molar-refractivity contribution < 1.29 is 4.52 Å². The minimum absolute atomic E-state index is 0.240. The minimum atomic E-state index is 0.240. The first kappa shape index (κ1) is 11.2. The molecule has 0 saturated carbocycles. The third-order valence-corrected chi connectivity index (χ3v) is 2.50. The zero-order valence-electron chi connectivity index (χ0n) is 8.23. The summed E-state index contributed by atoms with van der Waals surface area (Å²) in [5.74, 6) is 1.12. The molecule has 0 amide bonds. The maximum absolute atomic E-state index is 5.98. The number of aromatic nitrogens is 2. The molecule has 0 unspecified atom stereocenters. The molecule has 1 aromatic heterocycles. The van der Waals surface area contributed by atoms with E-state index in [1.807, 2.05) is 30.3 Å². The van der Waals surface area contributed by atoms with Crippen molar-refractivity contribution in [1.82, 2.24) is 10.1 Å². The molecule has 1 aromatic carbocycles. The summed E-state index contributed by atoms with van der Waals surface area (Å²) in [5.41, 5.74) is 0.898. The predicted molar refractivity (Wildman–Crippen MR) is 64.2 cm³/mol. The van der Waals surface area contributed by atoms with Crippen LogP contribution < -0.4 is 0 Å². The van der Waals surface area contributed by atoms with Crippen molar-refractivity contribution in [3.63, 3.8) is 0 Å². The van der Waals surface area contributed by atoms with Crippen molar-refractivity contribution in [2.75, 3.05) is 0 Å². The lowest BCUT2D eigenvalue weighted by molar-refractivity contribution is 0.405. The number of halogens is 2. The second-order valence-corrected chi connectivity index (χ2v) is 3.71. The number of rotatable bonds is 3. The van der Waals surface area contributed by atoms with Crippen LogP contribution in [-0.4, -0.2) is 10.1 Å². The third kappa shape index (κ3) is 2.62. The second-order valence-electron chi connectivity index (χ2n) is 3.04. The fourth-order valence-corrected chi connectivity index (χ4v) is 1.47. The zero-order chi connectivity index (χ0) is 11.4. The first-order valence-corrected chi connectivity index (χ1v) is 5.52. The van der Waals surface area contributed by atoms with Gasteiger partial charge in [-0.25, -0.2) is 0 Å². The van der Waals surface area contributed by atoms with Crippen molar-refractivity contribution in [2.24, 2.45) is 0 Å². The molecular weight excluding hydrogens is 247 g/mol. The minimum Gasteiger partial charge on any atom is -0.335 e. The summed E-state index contributed by atoms with van der Waals surface area (Å²) in [7, 11) is 0. The molecule has 0 atom stereocenters. The number of nitrogens with zero attached hydrogens (tertiary/aromatic N) is 2. The molecule has 0 saturated heterocycles. The zero-order valence-corrected chi connectivity index (χ0v) is 9.74. The van der Waals surface area contributed by atoms with E-state index in [1.54, 1.807) is 6.08 Å². The summed E-state index contributed by atoms with van der Waals surface area (Å²) in [6, 6.07) is 7.50. The largest absolute Gasteiger partial charge is 0.335 e. The Balaban J connectivity index is 2.18. The van der Waals surface area contributed by atoms with Crippen LogP contribution in [0.5, 0.6) is 0 Å². The van der Waals surface area contributed by atoms with Crippen LogP contribution in [0.15, 0.2) is 28.8 Å². The Morgan fingerprint density at radius 1 is 1.25 bits per heavy atom. The van der Waals surface area contributed by atoms with Crippen LogP contribution in [-0.2, 0) is 5.88 Å². The highest BCUT2D eigenvalue weighted by atomic mass is 35.5. The molecule has 1 heterocycles. The van der Waals surface area contributed by atoms with Gasteiger partial charge in [-0.2, -0.15) is 4.98 Å². The average molecular weight is 255 g/mol. The number of hydrogen-bond donors (Lipinski definition) is 0. The Labute approximate surface area is 103 Å². The SMILES string of the molecule is ClCc1noc(/C=C/c2ccccc2Cl)n1. The van der Waals surface area contributed by atoms with Crippen LogP contribution in [0.2, 0.25) is 5.02 Å². The molecule has 0 radical (unpaired) electrons. The molecule has 3 nitrogen and oxygen atoms in total. The molecule has 82 valence electrons. The highest BCUT2D eigenvalue weighted by molar-refractivity contribution is 6.32. The van der Waals surface area contributed by atoms with Crippen molar-refractivity contribution in [3.05, 3.63) is 46.6 Å². The van der Waals surface area contributed by atoms with Gasteiger partial charge in [0.25, 0.3) is 5.89 Å². The smallest absolute Gasteiger partial charge is 0.250 e. The van der Waals surface area contributed by atoms with Crippen molar-refractivity contribution >= 4 is 35.4 Å². The van der Waals surface area contributed by atoms with Gasteiger partial charge in [0.2, 0.25) is 0 Å². The summed E-state index contributed by atoms with van der Waals surface area (Å²) in [4.78, 5) is 4.03. The van der Waals surface area contributed by atoms with Gasteiger partial charge in [0, 0.05) is 11.1 Å². The molecule has 16 heavy (non-hydrogen) atoms. The first-order valence-electron chi connectivity index (χ1n) is 4.61. The summed E-state index contributed by atoms with van der Waals surface area (Å²) in [6.45, 7) is 0. The van der Waals surface area contributed by atoms with Gasteiger partial charge in [-0.3, -0.25) is 0 Å². The highest BCUT2D eigenvalue weighted by Gasteiger charge is 2.01. The summed E-state index contributed by atoms with van der Waals surface area (Å²) < 4.78 is 4.94.